The van der Waals surface area contributed by atoms with Crippen LogP contribution in [0.25, 0.3) is 0 Å². The molecule has 1 heterocycles. The van der Waals surface area contributed by atoms with Crippen LogP contribution >= 0.6 is 0 Å². The molecule has 0 bridgehead atoms. The van der Waals surface area contributed by atoms with Crippen LogP contribution in [0.5, 0.6) is 0 Å². The molecule has 0 saturated heterocycles. The highest BCUT2D eigenvalue weighted by molar-refractivity contribution is 5.78. The maximum atomic E-state index is 12.3. The summed E-state index contributed by atoms with van der Waals surface area (Å²) in [6.45, 7) is 5.48. The minimum absolute atomic E-state index is 0.0000540. The lowest BCUT2D eigenvalue weighted by Crippen LogP contribution is -2.34. The summed E-state index contributed by atoms with van der Waals surface area (Å²) in [5, 5.41) is 0. The van der Waals surface area contributed by atoms with Gasteiger partial charge in [0.15, 0.2) is 5.60 Å². The van der Waals surface area contributed by atoms with Crippen molar-refractivity contribution in [2.75, 3.05) is 13.2 Å². The molecule has 1 aliphatic carbocycles. The molecule has 1 aromatic heterocycles. The van der Waals surface area contributed by atoms with Gasteiger partial charge in [0.25, 0.3) is 0 Å². The first-order valence-electron chi connectivity index (χ1n) is 10.4. The van der Waals surface area contributed by atoms with Crippen molar-refractivity contribution in [3.8, 4) is 0 Å². The molecular weight excluding hydrogens is 376 g/mol. The molecule has 0 amide bonds. The average molecular weight is 408 g/mol. The van der Waals surface area contributed by atoms with Gasteiger partial charge in [0.2, 0.25) is 0 Å². The van der Waals surface area contributed by atoms with Gasteiger partial charge in [0, 0.05) is 0 Å². The minimum Gasteiger partial charge on any atom is -0.465 e. The van der Waals surface area contributed by atoms with Crippen LogP contribution in [0.4, 0.5) is 0 Å². The quantitative estimate of drug-likeness (QED) is 0.324. The molecule has 162 valence electrons. The number of carbonyl (C=O) groups excluding carboxylic acids is 3. The third-order valence-electron chi connectivity index (χ3n) is 5.49. The highest BCUT2D eigenvalue weighted by atomic mass is 16.6. The van der Waals surface area contributed by atoms with Gasteiger partial charge in [-0.2, -0.15) is 0 Å². The second-order valence-electron chi connectivity index (χ2n) is 8.10. The summed E-state index contributed by atoms with van der Waals surface area (Å²) >= 11 is 0. The van der Waals surface area contributed by atoms with E-state index >= 15 is 0 Å². The molecule has 1 aromatic rings. The Kier molecular flexibility index (Phi) is 8.29. The molecule has 1 saturated carbocycles. The lowest BCUT2D eigenvalue weighted by atomic mass is 9.82. The normalized spacial score (nSPS) is 16.1. The monoisotopic (exact) mass is 408 g/mol. The summed E-state index contributed by atoms with van der Waals surface area (Å²) < 4.78 is 21.4. The summed E-state index contributed by atoms with van der Waals surface area (Å²) in [4.78, 5) is 36.0. The Hall–Kier alpha value is -2.31. The Morgan fingerprint density at radius 3 is 2.31 bits per heavy atom. The lowest BCUT2D eigenvalue weighted by molar-refractivity contribution is -0.169. The second kappa shape index (κ2) is 10.5. The van der Waals surface area contributed by atoms with Gasteiger partial charge >= 0.3 is 17.9 Å². The predicted molar refractivity (Wildman–Crippen MR) is 105 cm³/mol. The zero-order chi connectivity index (χ0) is 21.3. The molecule has 7 nitrogen and oxygen atoms in total. The van der Waals surface area contributed by atoms with Gasteiger partial charge in [-0.1, -0.05) is 13.3 Å². The van der Waals surface area contributed by atoms with Crippen molar-refractivity contribution >= 4 is 17.9 Å². The summed E-state index contributed by atoms with van der Waals surface area (Å²) in [6, 6.07) is 3.61. The highest BCUT2D eigenvalue weighted by Crippen LogP contribution is 2.41. The first-order valence-corrected chi connectivity index (χ1v) is 10.4. The lowest BCUT2D eigenvalue weighted by Gasteiger charge is -2.35. The van der Waals surface area contributed by atoms with Crippen LogP contribution in [0.1, 0.15) is 77.9 Å². The first-order chi connectivity index (χ1) is 13.8. The Morgan fingerprint density at radius 2 is 1.69 bits per heavy atom. The fourth-order valence-corrected chi connectivity index (χ4v) is 3.23. The average Bonchev–Trinajstić information content (AvgIpc) is 3.26. The molecule has 0 spiro atoms. The molecule has 29 heavy (non-hydrogen) atoms. The molecule has 0 N–H and O–H groups in total. The topological polar surface area (TPSA) is 92.0 Å². The van der Waals surface area contributed by atoms with Crippen molar-refractivity contribution in [3.05, 3.63) is 24.2 Å². The van der Waals surface area contributed by atoms with Crippen LogP contribution in [-0.4, -0.2) is 31.1 Å². The van der Waals surface area contributed by atoms with E-state index in [1.165, 1.54) is 0 Å². The third kappa shape index (κ3) is 6.61. The van der Waals surface area contributed by atoms with Gasteiger partial charge in [-0.25, -0.2) is 0 Å². The molecule has 2 rings (SSSR count). The van der Waals surface area contributed by atoms with Crippen LogP contribution in [0, 0.1) is 5.41 Å². The van der Waals surface area contributed by atoms with E-state index in [2.05, 4.69) is 0 Å². The van der Waals surface area contributed by atoms with Crippen molar-refractivity contribution in [1.29, 1.82) is 0 Å². The summed E-state index contributed by atoms with van der Waals surface area (Å²) in [5.41, 5.74) is -1.29. The summed E-state index contributed by atoms with van der Waals surface area (Å²) in [6.07, 6.45) is 6.55. The van der Waals surface area contributed by atoms with Crippen LogP contribution in [0.3, 0.4) is 0 Å². The largest absolute Gasteiger partial charge is 0.465 e. The number of hydrogen-bond acceptors (Lipinski definition) is 7. The number of carbonyl (C=O) groups is 3. The SMILES string of the molecule is CCC(C)(C)C(=O)OCCOC(=O)CCC(=O)OC1(c2ccco2)CCCCC1. The van der Waals surface area contributed by atoms with Gasteiger partial charge in [-0.15, -0.1) is 0 Å². The van der Waals surface area contributed by atoms with E-state index in [0.717, 1.165) is 32.1 Å². The van der Waals surface area contributed by atoms with Gasteiger partial charge in [-0.3, -0.25) is 14.4 Å². The van der Waals surface area contributed by atoms with E-state index in [4.69, 9.17) is 18.6 Å². The van der Waals surface area contributed by atoms with Crippen molar-refractivity contribution in [3.63, 3.8) is 0 Å². The fraction of sp³-hybridized carbons (Fsp3) is 0.682. The van der Waals surface area contributed by atoms with E-state index in [9.17, 15) is 14.4 Å². The molecule has 0 atom stereocenters. The molecule has 7 heteroatoms. The molecule has 0 radical (unpaired) electrons. The molecule has 1 aliphatic rings. The standard InChI is InChI=1S/C22H32O7/c1-4-21(2,3)20(25)28-16-15-27-18(23)10-11-19(24)29-22(12-6-5-7-13-22)17-9-8-14-26-17/h8-9,14H,4-7,10-13,15-16H2,1-3H3. The molecule has 0 aliphatic heterocycles. The number of rotatable bonds is 10. The Bertz CT molecular complexity index is 669. The maximum absolute atomic E-state index is 12.3. The van der Waals surface area contributed by atoms with Gasteiger partial charge < -0.3 is 18.6 Å². The predicted octanol–water partition coefficient (Wildman–Crippen LogP) is 4.29. The Labute approximate surface area is 172 Å². The van der Waals surface area contributed by atoms with E-state index < -0.39 is 23.0 Å². The van der Waals surface area contributed by atoms with Gasteiger partial charge in [0.05, 0.1) is 24.5 Å². The Morgan fingerprint density at radius 1 is 1.03 bits per heavy atom. The summed E-state index contributed by atoms with van der Waals surface area (Å²) in [7, 11) is 0. The van der Waals surface area contributed by atoms with Gasteiger partial charge in [-0.05, 0) is 58.1 Å². The molecule has 1 fully saturated rings. The van der Waals surface area contributed by atoms with Crippen LogP contribution < -0.4 is 0 Å². The van der Waals surface area contributed by atoms with Crippen LogP contribution in [0.2, 0.25) is 0 Å². The number of esters is 3. The molecule has 0 unspecified atom stereocenters. The number of hydrogen-bond donors (Lipinski definition) is 0. The van der Waals surface area contributed by atoms with Crippen molar-refractivity contribution in [2.45, 2.75) is 77.7 Å². The van der Waals surface area contributed by atoms with Crippen LogP contribution in [-0.2, 0) is 34.2 Å². The van der Waals surface area contributed by atoms with Crippen molar-refractivity contribution < 1.29 is 33.0 Å². The van der Waals surface area contributed by atoms with E-state index in [0.29, 0.717) is 12.2 Å². The highest BCUT2D eigenvalue weighted by Gasteiger charge is 2.40. The third-order valence-corrected chi connectivity index (χ3v) is 5.49. The Balaban J connectivity index is 1.71. The smallest absolute Gasteiger partial charge is 0.311 e. The minimum atomic E-state index is -0.733. The first kappa shape index (κ1) is 23.0. The van der Waals surface area contributed by atoms with Gasteiger partial charge in [0.1, 0.15) is 19.0 Å². The van der Waals surface area contributed by atoms with Crippen LogP contribution in [0.15, 0.2) is 22.8 Å². The number of furan rings is 1. The second-order valence-corrected chi connectivity index (χ2v) is 8.10. The van der Waals surface area contributed by atoms with Crippen molar-refractivity contribution in [1.82, 2.24) is 0 Å². The number of ether oxygens (including phenoxy) is 3. The fourth-order valence-electron chi connectivity index (χ4n) is 3.23. The van der Waals surface area contributed by atoms with Crippen molar-refractivity contribution in [2.24, 2.45) is 5.41 Å². The zero-order valence-corrected chi connectivity index (χ0v) is 17.7. The van der Waals surface area contributed by atoms with E-state index in [1.807, 2.05) is 13.0 Å². The van der Waals surface area contributed by atoms with E-state index in [-0.39, 0.29) is 32.0 Å². The van der Waals surface area contributed by atoms with E-state index in [1.54, 1.807) is 26.2 Å². The summed E-state index contributed by atoms with van der Waals surface area (Å²) in [5.74, 6) is -0.639. The molecular formula is C22H32O7. The maximum Gasteiger partial charge on any atom is 0.311 e. The zero-order valence-electron chi connectivity index (χ0n) is 17.7. The molecule has 0 aromatic carbocycles.